The fourth-order valence-electron chi connectivity index (χ4n) is 4.32. The Morgan fingerprint density at radius 2 is 2.22 bits per heavy atom. The lowest BCUT2D eigenvalue weighted by Crippen LogP contribution is -2.38. The lowest BCUT2D eigenvalue weighted by Gasteiger charge is -2.30. The van der Waals surface area contributed by atoms with E-state index in [1.807, 2.05) is 23.9 Å². The molecule has 4 heterocycles. The molecule has 168 valence electrons. The molecule has 1 aromatic carbocycles. The van der Waals surface area contributed by atoms with Gasteiger partial charge in [0.25, 0.3) is 5.91 Å². The molecule has 0 saturated carbocycles. The van der Waals surface area contributed by atoms with Crippen LogP contribution in [0.3, 0.4) is 0 Å². The average molecular weight is 460 g/mol. The largest absolute Gasteiger partial charge is 0.491 e. The molecule has 11 heteroatoms. The molecular weight excluding hydrogens is 437 g/mol. The van der Waals surface area contributed by atoms with Gasteiger partial charge in [-0.25, -0.2) is 9.40 Å². The minimum Gasteiger partial charge on any atom is -0.491 e. The molecule has 0 bridgehead atoms. The molecule has 9 nitrogen and oxygen atoms in total. The first kappa shape index (κ1) is 20.9. The highest BCUT2D eigenvalue weighted by molar-refractivity contribution is 6.43. The van der Waals surface area contributed by atoms with Gasteiger partial charge in [0.2, 0.25) is 0 Å². The summed E-state index contributed by atoms with van der Waals surface area (Å²) in [6.07, 6.45) is 1.42. The maximum absolute atomic E-state index is 13.9. The van der Waals surface area contributed by atoms with Crippen molar-refractivity contribution in [3.63, 3.8) is 0 Å². The van der Waals surface area contributed by atoms with Crippen molar-refractivity contribution in [3.05, 3.63) is 40.3 Å². The van der Waals surface area contributed by atoms with Gasteiger partial charge in [-0.2, -0.15) is 10.1 Å². The Balaban J connectivity index is 1.30. The standard InChI is InChI=1S/C21H23ClFN7O2/c1-12-19(22)13(2)30-20(26-12)16-8-28(9-17(16)27-30)21(31)15-4-3-14(23)7-18(15)32-6-5-29-11-24-10-25-29/h3-4,7,10,16,20H,5-6,8-9,11H2,1-2H3,(H,24,25). The van der Waals surface area contributed by atoms with Gasteiger partial charge in [-0.1, -0.05) is 11.6 Å². The van der Waals surface area contributed by atoms with Gasteiger partial charge in [0.1, 0.15) is 24.8 Å². The van der Waals surface area contributed by atoms with Gasteiger partial charge in [0.15, 0.2) is 6.17 Å². The van der Waals surface area contributed by atoms with Crippen molar-refractivity contribution in [2.75, 3.05) is 32.9 Å². The quantitative estimate of drug-likeness (QED) is 0.728. The second-order valence-corrected chi connectivity index (χ2v) is 8.47. The number of carbonyl (C=O) groups is 1. The van der Waals surface area contributed by atoms with Crippen molar-refractivity contribution >= 4 is 35.3 Å². The van der Waals surface area contributed by atoms with Crippen molar-refractivity contribution in [2.45, 2.75) is 20.0 Å². The second-order valence-electron chi connectivity index (χ2n) is 8.09. The number of nitrogens with zero attached hydrogens (tertiary/aromatic N) is 6. The van der Waals surface area contributed by atoms with Crippen molar-refractivity contribution in [1.29, 1.82) is 0 Å². The van der Waals surface area contributed by atoms with Crippen LogP contribution in [0.2, 0.25) is 0 Å². The maximum Gasteiger partial charge on any atom is 0.257 e. The number of rotatable bonds is 5. The van der Waals surface area contributed by atoms with Crippen molar-refractivity contribution in [1.82, 2.24) is 20.3 Å². The molecule has 5 rings (SSSR count). The number of carbonyl (C=O) groups excluding carboxylic acids is 1. The van der Waals surface area contributed by atoms with Crippen LogP contribution < -0.4 is 10.2 Å². The molecule has 4 aliphatic heterocycles. The van der Waals surface area contributed by atoms with Gasteiger partial charge in [-0.15, -0.1) is 0 Å². The lowest BCUT2D eigenvalue weighted by atomic mass is 10.0. The van der Waals surface area contributed by atoms with E-state index >= 15 is 0 Å². The highest BCUT2D eigenvalue weighted by Crippen LogP contribution is 2.37. The van der Waals surface area contributed by atoms with E-state index in [0.29, 0.717) is 36.9 Å². The molecule has 0 spiro atoms. The van der Waals surface area contributed by atoms with E-state index in [1.54, 1.807) is 11.2 Å². The summed E-state index contributed by atoms with van der Waals surface area (Å²) in [7, 11) is 0. The average Bonchev–Trinajstić information content (AvgIpc) is 3.49. The van der Waals surface area contributed by atoms with Crippen molar-refractivity contribution in [2.24, 2.45) is 21.0 Å². The Kier molecular flexibility index (Phi) is 5.34. The molecule has 0 aromatic heterocycles. The highest BCUT2D eigenvalue weighted by atomic mass is 35.5. The molecule has 1 aromatic rings. The number of hydrazine groups is 1. The molecule has 1 fully saturated rings. The molecule has 32 heavy (non-hydrogen) atoms. The summed E-state index contributed by atoms with van der Waals surface area (Å²) in [5, 5.41) is 8.99. The predicted molar refractivity (Wildman–Crippen MR) is 119 cm³/mol. The normalized spacial score (nSPS) is 24.4. The number of hydrogen-bond acceptors (Lipinski definition) is 8. The number of nitrogens with one attached hydrogen (secondary N) is 1. The summed E-state index contributed by atoms with van der Waals surface area (Å²) in [5.74, 6) is -0.441. The maximum atomic E-state index is 13.9. The van der Waals surface area contributed by atoms with Crippen molar-refractivity contribution < 1.29 is 13.9 Å². The van der Waals surface area contributed by atoms with E-state index in [9.17, 15) is 9.18 Å². The lowest BCUT2D eigenvalue weighted by molar-refractivity contribution is 0.0771. The number of fused-ring (bicyclic) bond motifs is 3. The fourth-order valence-corrected chi connectivity index (χ4v) is 4.45. The van der Waals surface area contributed by atoms with E-state index in [-0.39, 0.29) is 30.3 Å². The summed E-state index contributed by atoms with van der Waals surface area (Å²) in [6.45, 7) is 6.02. The SMILES string of the molecule is CC1=NC2C3CN(C(=O)c4ccc(F)cc4OCCN4CN=CN4)CC3=NN2C(C)=C1Cl. The summed E-state index contributed by atoms with van der Waals surface area (Å²) < 4.78 is 19.7. The minimum absolute atomic E-state index is 0.000302. The molecular formula is C21H23ClFN7O2. The zero-order valence-electron chi connectivity index (χ0n) is 17.8. The first-order valence-electron chi connectivity index (χ1n) is 10.4. The number of hydrogen-bond donors (Lipinski definition) is 1. The zero-order valence-corrected chi connectivity index (χ0v) is 18.5. The Bertz CT molecular complexity index is 1080. The molecule has 1 N–H and O–H groups in total. The fraction of sp³-hybridized carbons (Fsp3) is 0.429. The summed E-state index contributed by atoms with van der Waals surface area (Å²) in [5.41, 5.74) is 5.84. The first-order chi connectivity index (χ1) is 15.4. The number of likely N-dealkylation sites (tertiary alicyclic amines) is 1. The molecule has 1 saturated heterocycles. The monoisotopic (exact) mass is 459 g/mol. The van der Waals surface area contributed by atoms with Crippen LogP contribution >= 0.6 is 11.6 Å². The van der Waals surface area contributed by atoms with Gasteiger partial charge in [-0.3, -0.25) is 14.8 Å². The van der Waals surface area contributed by atoms with Gasteiger partial charge >= 0.3 is 0 Å². The van der Waals surface area contributed by atoms with Crippen LogP contribution in [0.4, 0.5) is 4.39 Å². The van der Waals surface area contributed by atoms with Crippen LogP contribution in [0.1, 0.15) is 24.2 Å². The van der Waals surface area contributed by atoms with Crippen molar-refractivity contribution in [3.8, 4) is 5.75 Å². The summed E-state index contributed by atoms with van der Waals surface area (Å²) in [4.78, 5) is 23.8. The molecule has 0 radical (unpaired) electrons. The highest BCUT2D eigenvalue weighted by Gasteiger charge is 2.46. The summed E-state index contributed by atoms with van der Waals surface area (Å²) >= 11 is 6.33. The number of benzene rings is 1. The third kappa shape index (κ3) is 3.63. The molecule has 0 aliphatic carbocycles. The van der Waals surface area contributed by atoms with Crippen LogP contribution in [0, 0.1) is 11.7 Å². The number of ether oxygens (including phenoxy) is 1. The van der Waals surface area contributed by atoms with E-state index in [0.717, 1.165) is 17.1 Å². The van der Waals surface area contributed by atoms with Gasteiger partial charge in [0.05, 0.1) is 53.1 Å². The predicted octanol–water partition coefficient (Wildman–Crippen LogP) is 2.03. The molecule has 2 atom stereocenters. The first-order valence-corrected chi connectivity index (χ1v) is 10.8. The van der Waals surface area contributed by atoms with Crippen LogP contribution in [-0.2, 0) is 0 Å². The molecule has 4 aliphatic rings. The number of hydrazone groups is 1. The number of aliphatic imine (C=N–C) groups is 2. The Labute approximate surface area is 189 Å². The number of halogens is 2. The number of allylic oxidation sites excluding steroid dienone is 2. The van der Waals surface area contributed by atoms with E-state index in [2.05, 4.69) is 15.5 Å². The third-order valence-electron chi connectivity index (χ3n) is 6.01. The second kappa shape index (κ2) is 8.18. The van der Waals surface area contributed by atoms with Gasteiger partial charge in [0, 0.05) is 12.6 Å². The smallest absolute Gasteiger partial charge is 0.257 e. The molecule has 1 amide bonds. The van der Waals surface area contributed by atoms with Crippen LogP contribution in [0.25, 0.3) is 0 Å². The van der Waals surface area contributed by atoms with Crippen LogP contribution in [-0.4, -0.2) is 77.7 Å². The van der Waals surface area contributed by atoms with E-state index in [1.165, 1.54) is 18.2 Å². The van der Waals surface area contributed by atoms with E-state index in [4.69, 9.17) is 21.3 Å². The third-order valence-corrected chi connectivity index (χ3v) is 6.56. The zero-order chi connectivity index (χ0) is 22.4. The van der Waals surface area contributed by atoms with E-state index < -0.39 is 5.82 Å². The Morgan fingerprint density at radius 1 is 1.38 bits per heavy atom. The minimum atomic E-state index is -0.455. The Morgan fingerprint density at radius 3 is 3.00 bits per heavy atom. The topological polar surface area (TPSA) is 85.1 Å². The van der Waals surface area contributed by atoms with Crippen LogP contribution in [0.5, 0.6) is 5.75 Å². The van der Waals surface area contributed by atoms with Gasteiger partial charge in [-0.05, 0) is 26.0 Å². The number of amides is 1. The molecule has 2 unspecified atom stereocenters. The summed E-state index contributed by atoms with van der Waals surface area (Å²) in [6, 6.07) is 4.00. The Hall–Kier alpha value is -2.98. The van der Waals surface area contributed by atoms with Crippen LogP contribution in [0.15, 0.2) is 44.0 Å². The van der Waals surface area contributed by atoms with Gasteiger partial charge < -0.3 is 15.1 Å².